The van der Waals surface area contributed by atoms with Gasteiger partial charge in [-0.3, -0.25) is 4.79 Å². The van der Waals surface area contributed by atoms with Crippen molar-refractivity contribution in [2.45, 2.75) is 38.6 Å². The molecule has 2 aromatic heterocycles. The first kappa shape index (κ1) is 18.5. The smallest absolute Gasteiger partial charge is 0.255 e. The van der Waals surface area contributed by atoms with Crippen molar-refractivity contribution in [3.05, 3.63) is 54.0 Å². The number of imidazole rings is 1. The zero-order valence-corrected chi connectivity index (χ0v) is 16.5. The van der Waals surface area contributed by atoms with Crippen LogP contribution >= 0.6 is 0 Å². The number of ether oxygens (including phenoxy) is 1. The van der Waals surface area contributed by atoms with Gasteiger partial charge in [0.25, 0.3) is 5.91 Å². The Bertz CT molecular complexity index is 958. The molecule has 0 aliphatic heterocycles. The van der Waals surface area contributed by atoms with Crippen LogP contribution in [0.5, 0.6) is 5.75 Å². The lowest BCUT2D eigenvalue weighted by atomic mass is 10.2. The minimum Gasteiger partial charge on any atom is -0.492 e. The van der Waals surface area contributed by atoms with Crippen LogP contribution in [-0.2, 0) is 0 Å². The van der Waals surface area contributed by atoms with E-state index in [-0.39, 0.29) is 5.91 Å². The summed E-state index contributed by atoms with van der Waals surface area (Å²) in [6.07, 6.45) is 8.40. The van der Waals surface area contributed by atoms with E-state index in [1.54, 1.807) is 18.1 Å². The summed E-state index contributed by atoms with van der Waals surface area (Å²) in [5.74, 6) is 0.740. The van der Waals surface area contributed by atoms with Crippen LogP contribution in [-0.4, -0.2) is 45.5 Å². The first-order chi connectivity index (χ1) is 13.6. The fourth-order valence-corrected chi connectivity index (χ4v) is 3.74. The number of aryl methyl sites for hydroxylation is 1. The summed E-state index contributed by atoms with van der Waals surface area (Å²) in [6, 6.07) is 10.2. The molecule has 0 atom stereocenters. The molecule has 0 spiro atoms. The number of carbonyl (C=O) groups excluding carboxylic acids is 1. The van der Waals surface area contributed by atoms with Gasteiger partial charge in [-0.2, -0.15) is 0 Å². The molecule has 1 saturated carbocycles. The number of amides is 1. The van der Waals surface area contributed by atoms with Crippen molar-refractivity contribution in [3.63, 3.8) is 0 Å². The molecule has 0 saturated heterocycles. The van der Waals surface area contributed by atoms with Gasteiger partial charge >= 0.3 is 0 Å². The molecule has 0 N–H and O–H groups in total. The number of carbonyl (C=O) groups is 1. The highest BCUT2D eigenvalue weighted by Gasteiger charge is 2.20. The molecule has 6 heteroatoms. The first-order valence-corrected chi connectivity index (χ1v) is 9.89. The van der Waals surface area contributed by atoms with Crippen molar-refractivity contribution in [3.8, 4) is 5.75 Å². The van der Waals surface area contributed by atoms with Crippen LogP contribution in [0, 0.1) is 6.92 Å². The van der Waals surface area contributed by atoms with E-state index in [9.17, 15) is 4.79 Å². The molecule has 146 valence electrons. The second-order valence-corrected chi connectivity index (χ2v) is 7.55. The highest BCUT2D eigenvalue weighted by atomic mass is 16.5. The molecule has 1 aliphatic rings. The van der Waals surface area contributed by atoms with E-state index in [2.05, 4.69) is 14.5 Å². The molecule has 3 aromatic rings. The van der Waals surface area contributed by atoms with Crippen LogP contribution in [0.15, 0.2) is 42.9 Å². The third-order valence-electron chi connectivity index (χ3n) is 5.44. The normalized spacial score (nSPS) is 14.5. The minimum atomic E-state index is -0.0719. The maximum Gasteiger partial charge on any atom is 0.255 e. The van der Waals surface area contributed by atoms with Gasteiger partial charge in [0.15, 0.2) is 5.65 Å². The number of pyridine rings is 1. The first-order valence-electron chi connectivity index (χ1n) is 9.89. The van der Waals surface area contributed by atoms with E-state index < -0.39 is 0 Å². The SMILES string of the molecule is Cc1ccc(OCCN(C)C(=O)c2cnc3c(c2)ncn3C2CCCC2)cc1. The highest BCUT2D eigenvalue weighted by Crippen LogP contribution is 2.31. The van der Waals surface area contributed by atoms with Gasteiger partial charge in [-0.25, -0.2) is 9.97 Å². The number of rotatable bonds is 6. The molecule has 1 fully saturated rings. The van der Waals surface area contributed by atoms with Crippen molar-refractivity contribution >= 4 is 17.1 Å². The minimum absolute atomic E-state index is 0.0719. The molecule has 0 radical (unpaired) electrons. The van der Waals surface area contributed by atoms with Crippen LogP contribution in [0.2, 0.25) is 0 Å². The second-order valence-electron chi connectivity index (χ2n) is 7.55. The third kappa shape index (κ3) is 3.86. The van der Waals surface area contributed by atoms with Crippen LogP contribution in [0.4, 0.5) is 0 Å². The molecule has 6 nitrogen and oxygen atoms in total. The molecule has 28 heavy (non-hydrogen) atoms. The zero-order valence-electron chi connectivity index (χ0n) is 16.5. The van der Waals surface area contributed by atoms with Gasteiger partial charge in [0, 0.05) is 19.3 Å². The summed E-state index contributed by atoms with van der Waals surface area (Å²) in [6.45, 7) is 2.98. The van der Waals surface area contributed by atoms with E-state index in [0.29, 0.717) is 24.8 Å². The topological polar surface area (TPSA) is 60.2 Å². The summed E-state index contributed by atoms with van der Waals surface area (Å²) < 4.78 is 7.89. The third-order valence-corrected chi connectivity index (χ3v) is 5.44. The Morgan fingerprint density at radius 2 is 1.96 bits per heavy atom. The maximum atomic E-state index is 12.7. The number of hydrogen-bond acceptors (Lipinski definition) is 4. The fourth-order valence-electron chi connectivity index (χ4n) is 3.74. The molecule has 1 aliphatic carbocycles. The molecular weight excluding hydrogens is 352 g/mol. The zero-order chi connectivity index (χ0) is 19.5. The summed E-state index contributed by atoms with van der Waals surface area (Å²) in [5, 5.41) is 0. The summed E-state index contributed by atoms with van der Waals surface area (Å²) >= 11 is 0. The van der Waals surface area contributed by atoms with Crippen LogP contribution in [0.3, 0.4) is 0 Å². The van der Waals surface area contributed by atoms with E-state index in [1.165, 1.54) is 31.2 Å². The Balaban J connectivity index is 1.39. The van der Waals surface area contributed by atoms with Gasteiger partial charge in [0.1, 0.15) is 17.9 Å². The Kier molecular flexibility index (Phi) is 5.28. The molecule has 1 aromatic carbocycles. The predicted octanol–water partition coefficient (Wildman–Crippen LogP) is 4.01. The Hall–Kier alpha value is -2.89. The standard InChI is InChI=1S/C22H26N4O2/c1-16-7-9-19(10-8-16)28-12-11-25(2)22(27)17-13-20-21(23-14-17)26(15-24-20)18-5-3-4-6-18/h7-10,13-15,18H,3-6,11-12H2,1-2H3. The molecular formula is C22H26N4O2. The number of benzene rings is 1. The average molecular weight is 378 g/mol. The van der Waals surface area contributed by atoms with Gasteiger partial charge in [0.05, 0.1) is 18.4 Å². The quantitative estimate of drug-likeness (QED) is 0.650. The highest BCUT2D eigenvalue weighted by molar-refractivity contribution is 5.96. The molecule has 2 heterocycles. The lowest BCUT2D eigenvalue weighted by Crippen LogP contribution is -2.31. The number of hydrogen-bond donors (Lipinski definition) is 0. The lowest BCUT2D eigenvalue weighted by molar-refractivity contribution is 0.0773. The maximum absolute atomic E-state index is 12.7. The van der Waals surface area contributed by atoms with E-state index >= 15 is 0 Å². The van der Waals surface area contributed by atoms with E-state index in [0.717, 1.165) is 16.9 Å². The van der Waals surface area contributed by atoms with Crippen LogP contribution in [0.1, 0.15) is 47.6 Å². The second kappa shape index (κ2) is 8.00. The number of fused-ring (bicyclic) bond motifs is 1. The van der Waals surface area contributed by atoms with Gasteiger partial charge in [0.2, 0.25) is 0 Å². The Morgan fingerprint density at radius 1 is 1.21 bits per heavy atom. The monoisotopic (exact) mass is 378 g/mol. The van der Waals surface area contributed by atoms with Crippen molar-refractivity contribution in [2.75, 3.05) is 20.2 Å². The Morgan fingerprint density at radius 3 is 2.71 bits per heavy atom. The average Bonchev–Trinajstić information content (AvgIpc) is 3.37. The van der Waals surface area contributed by atoms with Crippen LogP contribution in [0.25, 0.3) is 11.2 Å². The van der Waals surface area contributed by atoms with Gasteiger partial charge in [-0.05, 0) is 38.0 Å². The predicted molar refractivity (Wildman–Crippen MR) is 109 cm³/mol. The van der Waals surface area contributed by atoms with Crippen molar-refractivity contribution in [1.29, 1.82) is 0 Å². The van der Waals surface area contributed by atoms with Gasteiger partial charge < -0.3 is 14.2 Å². The fraction of sp³-hybridized carbons (Fsp3) is 0.409. The van der Waals surface area contributed by atoms with Gasteiger partial charge in [-0.15, -0.1) is 0 Å². The van der Waals surface area contributed by atoms with Crippen molar-refractivity contribution in [2.24, 2.45) is 0 Å². The summed E-state index contributed by atoms with van der Waals surface area (Å²) in [4.78, 5) is 23.4. The summed E-state index contributed by atoms with van der Waals surface area (Å²) in [5.41, 5.74) is 3.40. The number of nitrogens with zero attached hydrogens (tertiary/aromatic N) is 4. The van der Waals surface area contributed by atoms with Crippen molar-refractivity contribution in [1.82, 2.24) is 19.4 Å². The molecule has 4 rings (SSSR count). The van der Waals surface area contributed by atoms with E-state index in [4.69, 9.17) is 4.74 Å². The summed E-state index contributed by atoms with van der Waals surface area (Å²) in [7, 11) is 1.78. The van der Waals surface area contributed by atoms with Gasteiger partial charge in [-0.1, -0.05) is 30.5 Å². The Labute approximate surface area is 165 Å². The van der Waals surface area contributed by atoms with Crippen LogP contribution < -0.4 is 4.74 Å². The molecule has 1 amide bonds. The largest absolute Gasteiger partial charge is 0.492 e. The number of likely N-dealkylation sites (N-methyl/N-ethyl adjacent to an activating group) is 1. The lowest BCUT2D eigenvalue weighted by Gasteiger charge is -2.17. The van der Waals surface area contributed by atoms with Crippen molar-refractivity contribution < 1.29 is 9.53 Å². The number of aromatic nitrogens is 3. The molecule has 0 bridgehead atoms. The van der Waals surface area contributed by atoms with E-state index in [1.807, 2.05) is 43.6 Å². The molecule has 0 unspecified atom stereocenters.